The Morgan fingerprint density at radius 1 is 1.11 bits per heavy atom. The smallest absolute Gasteiger partial charge is 0.326 e. The van der Waals surface area contributed by atoms with Crippen LogP contribution in [0.2, 0.25) is 0 Å². The van der Waals surface area contributed by atoms with Crippen molar-refractivity contribution in [1.82, 2.24) is 10.6 Å². The summed E-state index contributed by atoms with van der Waals surface area (Å²) in [6.07, 6.45) is -0.612. The maximum atomic E-state index is 12.5. The Kier molecular flexibility index (Phi) is 11.2. The van der Waals surface area contributed by atoms with Crippen molar-refractivity contribution < 1.29 is 45.0 Å². The third-order valence-electron chi connectivity index (χ3n) is 4.22. The number of amides is 2. The molecule has 0 aromatic carbocycles. The van der Waals surface area contributed by atoms with E-state index >= 15 is 0 Å². The van der Waals surface area contributed by atoms with Gasteiger partial charge in [-0.1, -0.05) is 20.3 Å². The van der Waals surface area contributed by atoms with Crippen LogP contribution in [0.15, 0.2) is 0 Å². The quantitative estimate of drug-likeness (QED) is 0.169. The number of thiol groups is 1. The minimum atomic E-state index is -1.65. The van der Waals surface area contributed by atoms with E-state index in [2.05, 4.69) is 29.0 Å². The zero-order valence-corrected chi connectivity index (χ0v) is 16.6. The first-order chi connectivity index (χ1) is 12.9. The highest BCUT2D eigenvalue weighted by molar-refractivity contribution is 7.81. The number of quaternary nitrogens is 1. The topological polar surface area (TPSA) is 201 Å². The lowest BCUT2D eigenvalue weighted by Gasteiger charge is -2.27. The first kappa shape index (κ1) is 25.7. The zero-order valence-electron chi connectivity index (χ0n) is 15.7. The SMILES string of the molecule is CC[C@@H](C)[C@H](NC(=O)[C@@H](S)[C@H]([NH3+])CCC(=O)[O-])C(=O)N[C@@H](CC(=O)O)C(=O)O. The van der Waals surface area contributed by atoms with Crippen LogP contribution in [0.3, 0.4) is 0 Å². The van der Waals surface area contributed by atoms with Gasteiger partial charge in [-0.15, -0.1) is 0 Å². The lowest BCUT2D eigenvalue weighted by Crippen LogP contribution is -2.68. The molecule has 0 aliphatic carbocycles. The molecule has 0 aliphatic heterocycles. The van der Waals surface area contributed by atoms with Crippen molar-refractivity contribution in [3.8, 4) is 0 Å². The average molecular weight is 421 g/mol. The van der Waals surface area contributed by atoms with E-state index in [9.17, 15) is 29.1 Å². The third kappa shape index (κ3) is 9.04. The highest BCUT2D eigenvalue weighted by Gasteiger charge is 2.33. The first-order valence-electron chi connectivity index (χ1n) is 8.66. The molecule has 0 fully saturated rings. The summed E-state index contributed by atoms with van der Waals surface area (Å²) in [5, 5.41) is 31.9. The molecule has 0 saturated heterocycles. The van der Waals surface area contributed by atoms with Crippen molar-refractivity contribution in [3.05, 3.63) is 0 Å². The van der Waals surface area contributed by atoms with Crippen LogP contribution in [-0.4, -0.2) is 63.3 Å². The molecule has 0 radical (unpaired) electrons. The monoisotopic (exact) mass is 421 g/mol. The molecule has 0 aromatic heterocycles. The van der Waals surface area contributed by atoms with Crippen LogP contribution in [0.4, 0.5) is 0 Å². The molecule has 0 rings (SSSR count). The fraction of sp³-hybridized carbons (Fsp3) is 0.688. The second-order valence-corrected chi connectivity index (χ2v) is 7.04. The van der Waals surface area contributed by atoms with Crippen LogP contribution < -0.4 is 21.5 Å². The lowest BCUT2D eigenvalue weighted by atomic mass is 9.97. The van der Waals surface area contributed by atoms with E-state index in [-0.39, 0.29) is 12.8 Å². The van der Waals surface area contributed by atoms with Gasteiger partial charge in [-0.2, -0.15) is 12.6 Å². The van der Waals surface area contributed by atoms with Gasteiger partial charge in [0, 0.05) is 12.4 Å². The average Bonchev–Trinajstić information content (AvgIpc) is 2.61. The minimum Gasteiger partial charge on any atom is -0.550 e. The van der Waals surface area contributed by atoms with Gasteiger partial charge in [0.2, 0.25) is 11.8 Å². The van der Waals surface area contributed by atoms with E-state index in [1.54, 1.807) is 13.8 Å². The first-order valence-corrected chi connectivity index (χ1v) is 9.18. The van der Waals surface area contributed by atoms with Crippen molar-refractivity contribution in [2.45, 2.75) is 62.9 Å². The summed E-state index contributed by atoms with van der Waals surface area (Å²) < 4.78 is 0. The number of carboxylic acid groups (broad SMARTS) is 3. The van der Waals surface area contributed by atoms with Crippen molar-refractivity contribution in [2.24, 2.45) is 5.92 Å². The third-order valence-corrected chi connectivity index (χ3v) is 4.88. The lowest BCUT2D eigenvalue weighted by molar-refractivity contribution is -0.418. The molecule has 28 heavy (non-hydrogen) atoms. The molecule has 0 saturated carbocycles. The van der Waals surface area contributed by atoms with Gasteiger partial charge in [0.05, 0.1) is 6.42 Å². The maximum Gasteiger partial charge on any atom is 0.326 e. The van der Waals surface area contributed by atoms with Gasteiger partial charge in [0.25, 0.3) is 0 Å². The molecule has 0 heterocycles. The van der Waals surface area contributed by atoms with Gasteiger partial charge in [0.1, 0.15) is 23.4 Å². The van der Waals surface area contributed by atoms with Crippen molar-refractivity contribution in [2.75, 3.05) is 0 Å². The summed E-state index contributed by atoms with van der Waals surface area (Å²) in [6, 6.07) is -3.44. The second kappa shape index (κ2) is 12.2. The van der Waals surface area contributed by atoms with Crippen LogP contribution >= 0.6 is 12.6 Å². The molecule has 11 nitrogen and oxygen atoms in total. The van der Waals surface area contributed by atoms with Gasteiger partial charge in [-0.25, -0.2) is 4.79 Å². The van der Waals surface area contributed by atoms with Crippen LogP contribution in [-0.2, 0) is 24.0 Å². The van der Waals surface area contributed by atoms with Crippen molar-refractivity contribution in [1.29, 1.82) is 0 Å². The number of nitrogens with one attached hydrogen (secondary N) is 2. The molecule has 0 aliphatic rings. The molecule has 0 aromatic rings. The molecule has 2 amide bonds. The summed E-state index contributed by atoms with van der Waals surface area (Å²) in [5.74, 6) is -6.11. The number of rotatable bonds is 13. The minimum absolute atomic E-state index is 0.0455. The normalized spacial score (nSPS) is 16.1. The van der Waals surface area contributed by atoms with Crippen molar-refractivity contribution in [3.63, 3.8) is 0 Å². The molecule has 0 unspecified atom stereocenters. The van der Waals surface area contributed by atoms with Gasteiger partial charge in [-0.05, 0) is 12.3 Å². The molecule has 0 bridgehead atoms. The highest BCUT2D eigenvalue weighted by atomic mass is 32.1. The number of hydrogen-bond donors (Lipinski definition) is 6. The number of hydrogen-bond acceptors (Lipinski definition) is 7. The fourth-order valence-corrected chi connectivity index (χ4v) is 2.48. The van der Waals surface area contributed by atoms with Crippen molar-refractivity contribution >= 4 is 42.4 Å². The number of carboxylic acids is 3. The molecular formula is C16H27N3O8S. The van der Waals surface area contributed by atoms with E-state index in [4.69, 9.17) is 10.2 Å². The molecule has 0 spiro atoms. The summed E-state index contributed by atoms with van der Waals surface area (Å²) in [6.45, 7) is 3.41. The number of aliphatic carboxylic acids is 3. The van der Waals surface area contributed by atoms with Crippen LogP contribution in [0.1, 0.15) is 39.5 Å². The van der Waals surface area contributed by atoms with E-state index in [0.29, 0.717) is 6.42 Å². The van der Waals surface area contributed by atoms with E-state index in [1.807, 2.05) is 0 Å². The Bertz CT molecular complexity index is 600. The Hall–Kier alpha value is -2.34. The summed E-state index contributed by atoms with van der Waals surface area (Å²) in [5.41, 5.74) is 3.68. The molecule has 160 valence electrons. The summed E-state index contributed by atoms with van der Waals surface area (Å²) in [4.78, 5) is 57.3. The molecule has 5 atom stereocenters. The van der Waals surface area contributed by atoms with Crippen LogP contribution in [0.25, 0.3) is 0 Å². The van der Waals surface area contributed by atoms with Gasteiger partial charge < -0.3 is 36.5 Å². The van der Waals surface area contributed by atoms with Gasteiger partial charge >= 0.3 is 11.9 Å². The summed E-state index contributed by atoms with van der Waals surface area (Å²) >= 11 is 4.12. The maximum absolute atomic E-state index is 12.5. The largest absolute Gasteiger partial charge is 0.550 e. The Balaban J connectivity index is 5.17. The Labute approximate surface area is 167 Å². The van der Waals surface area contributed by atoms with E-state index in [1.165, 1.54) is 0 Å². The molecular weight excluding hydrogens is 394 g/mol. The standard InChI is InChI=1S/C16H27N3O8S/c1-3-7(2)12(14(24)18-9(16(26)27)6-11(22)23)19-15(25)13(28)8(17)4-5-10(20)21/h7-9,12-13,28H,3-6,17H2,1-2H3,(H,18,24)(H,19,25)(H,20,21)(H,22,23)(H,26,27)/t7-,8-,9+,12+,13+/m1/s1. The van der Waals surface area contributed by atoms with Crippen LogP contribution in [0, 0.1) is 5.92 Å². The van der Waals surface area contributed by atoms with E-state index in [0.717, 1.165) is 0 Å². The molecule has 7 N–H and O–H groups in total. The fourth-order valence-electron chi connectivity index (χ4n) is 2.25. The second-order valence-electron chi connectivity index (χ2n) is 6.48. The van der Waals surface area contributed by atoms with Gasteiger partial charge in [-0.3, -0.25) is 14.4 Å². The number of carbonyl (C=O) groups excluding carboxylic acids is 3. The Morgan fingerprint density at radius 2 is 1.68 bits per heavy atom. The van der Waals surface area contributed by atoms with E-state index < -0.39 is 65.4 Å². The predicted octanol–water partition coefficient (Wildman–Crippen LogP) is -3.00. The summed E-state index contributed by atoms with van der Waals surface area (Å²) in [7, 11) is 0. The molecule has 12 heteroatoms. The number of carbonyl (C=O) groups is 5. The highest BCUT2D eigenvalue weighted by Crippen LogP contribution is 2.12. The van der Waals surface area contributed by atoms with Gasteiger partial charge in [0.15, 0.2) is 0 Å². The zero-order chi connectivity index (χ0) is 22.0. The van der Waals surface area contributed by atoms with Crippen LogP contribution in [0.5, 0.6) is 0 Å². The Morgan fingerprint density at radius 3 is 2.11 bits per heavy atom. The predicted molar refractivity (Wildman–Crippen MR) is 96.9 cm³/mol.